The van der Waals surface area contributed by atoms with Crippen molar-refractivity contribution in [3.05, 3.63) is 70.8 Å². The third kappa shape index (κ3) is 5.48. The summed E-state index contributed by atoms with van der Waals surface area (Å²) in [5, 5.41) is 6.52. The van der Waals surface area contributed by atoms with Crippen LogP contribution in [-0.4, -0.2) is 24.6 Å². The molecule has 0 saturated carbocycles. The Morgan fingerprint density at radius 1 is 0.943 bits per heavy atom. The van der Waals surface area contributed by atoms with Gasteiger partial charge in [0.15, 0.2) is 0 Å². The maximum absolute atomic E-state index is 13.3. The van der Waals surface area contributed by atoms with E-state index >= 15 is 0 Å². The predicted octanol–water partition coefficient (Wildman–Crippen LogP) is 5.73. The summed E-state index contributed by atoms with van der Waals surface area (Å²) in [6, 6.07) is 10.9. The first-order valence-corrected chi connectivity index (χ1v) is 11.3. The molecule has 2 fully saturated rings. The van der Waals surface area contributed by atoms with Gasteiger partial charge in [0.25, 0.3) is 0 Å². The van der Waals surface area contributed by atoms with Crippen LogP contribution in [0, 0.1) is 0 Å². The van der Waals surface area contributed by atoms with Crippen molar-refractivity contribution < 1.29 is 35.9 Å². The molecule has 0 aromatic heterocycles. The van der Waals surface area contributed by atoms with Crippen molar-refractivity contribution in [2.75, 3.05) is 13.2 Å². The van der Waals surface area contributed by atoms with E-state index in [1.165, 1.54) is 6.92 Å². The highest BCUT2D eigenvalue weighted by molar-refractivity contribution is 5.79. The lowest BCUT2D eigenvalue weighted by atomic mass is 9.76. The number of nitrogens with one attached hydrogen (secondary N) is 2. The Morgan fingerprint density at radius 3 is 2.06 bits per heavy atom. The molecule has 2 heterocycles. The second-order valence-electron chi connectivity index (χ2n) is 9.42. The Bertz CT molecular complexity index is 1030. The number of ether oxygens (including phenoxy) is 1. The number of rotatable bonds is 5. The standard InChI is InChI=1S/C25H26F6N2O2/c1-16(17-11-19(24(26,27)28)13-20(12-17)25(29,30)31)35-15-23(18-5-3-2-4-6-18)10-9-22(14-32-23)8-7-21(34)33-22/h2-6,11-13,16,32H,7-10,14-15H2,1H3,(H,33,34)/t16-,22+,23-/m1/s1. The summed E-state index contributed by atoms with van der Waals surface area (Å²) < 4.78 is 85.6. The zero-order chi connectivity index (χ0) is 25.5. The number of halogens is 6. The first-order chi connectivity index (χ1) is 16.3. The van der Waals surface area contributed by atoms with Crippen LogP contribution in [0.2, 0.25) is 0 Å². The molecule has 1 spiro atoms. The molecule has 4 rings (SSSR count). The van der Waals surface area contributed by atoms with Gasteiger partial charge in [-0.05, 0) is 55.5 Å². The molecule has 3 atom stereocenters. The smallest absolute Gasteiger partial charge is 0.372 e. The number of carbonyl (C=O) groups is 1. The average Bonchev–Trinajstić information content (AvgIpc) is 3.18. The quantitative estimate of drug-likeness (QED) is 0.516. The molecule has 1 amide bonds. The lowest BCUT2D eigenvalue weighted by Crippen LogP contribution is -2.61. The van der Waals surface area contributed by atoms with Crippen molar-refractivity contribution in [3.63, 3.8) is 0 Å². The van der Waals surface area contributed by atoms with Crippen LogP contribution in [0.1, 0.15) is 61.0 Å². The normalized spacial score (nSPS) is 26.1. The summed E-state index contributed by atoms with van der Waals surface area (Å²) in [4.78, 5) is 11.8. The first kappa shape index (κ1) is 25.5. The van der Waals surface area contributed by atoms with E-state index in [-0.39, 0.29) is 29.7 Å². The Labute approximate surface area is 199 Å². The molecule has 2 N–H and O–H groups in total. The first-order valence-electron chi connectivity index (χ1n) is 11.3. The van der Waals surface area contributed by atoms with Gasteiger partial charge in [-0.2, -0.15) is 26.3 Å². The van der Waals surface area contributed by atoms with Gasteiger partial charge in [-0.25, -0.2) is 0 Å². The maximum atomic E-state index is 13.3. The molecule has 2 saturated heterocycles. The van der Waals surface area contributed by atoms with E-state index in [2.05, 4.69) is 10.6 Å². The summed E-state index contributed by atoms with van der Waals surface area (Å²) in [6.07, 6.45) is -8.49. The predicted molar refractivity (Wildman–Crippen MR) is 116 cm³/mol. The largest absolute Gasteiger partial charge is 0.416 e. The van der Waals surface area contributed by atoms with E-state index in [4.69, 9.17) is 4.74 Å². The summed E-state index contributed by atoms with van der Waals surface area (Å²) in [5.74, 6) is -0.00565. The van der Waals surface area contributed by atoms with Crippen LogP contribution in [-0.2, 0) is 27.4 Å². The molecule has 2 aromatic rings. The van der Waals surface area contributed by atoms with Crippen LogP contribution in [0.5, 0.6) is 0 Å². The fourth-order valence-corrected chi connectivity index (χ4v) is 4.85. The molecule has 0 radical (unpaired) electrons. The summed E-state index contributed by atoms with van der Waals surface area (Å²) in [7, 11) is 0. The van der Waals surface area contributed by atoms with Gasteiger partial charge in [-0.3, -0.25) is 4.79 Å². The second kappa shape index (κ2) is 9.13. The fourth-order valence-electron chi connectivity index (χ4n) is 4.85. The minimum atomic E-state index is -4.92. The van der Waals surface area contributed by atoms with Gasteiger partial charge in [0.05, 0.1) is 34.9 Å². The maximum Gasteiger partial charge on any atom is 0.416 e. The zero-order valence-corrected chi connectivity index (χ0v) is 19.0. The van der Waals surface area contributed by atoms with Crippen LogP contribution in [0.25, 0.3) is 0 Å². The SMILES string of the molecule is C[C@@H](OC[C@@]1(c2ccccc2)CC[C@@]2(CCC(=O)N2)CN1)c1cc(C(F)(F)F)cc(C(F)(F)F)c1. The molecule has 35 heavy (non-hydrogen) atoms. The fraction of sp³-hybridized carbons (Fsp3) is 0.480. The molecule has 2 aliphatic heterocycles. The number of hydrogen-bond acceptors (Lipinski definition) is 3. The highest BCUT2D eigenvalue weighted by Crippen LogP contribution is 2.40. The van der Waals surface area contributed by atoms with Crippen LogP contribution in [0.4, 0.5) is 26.3 Å². The van der Waals surface area contributed by atoms with Crippen molar-refractivity contribution in [1.82, 2.24) is 10.6 Å². The van der Waals surface area contributed by atoms with Gasteiger partial charge in [0.2, 0.25) is 5.91 Å². The van der Waals surface area contributed by atoms with Gasteiger partial charge in [-0.15, -0.1) is 0 Å². The Hall–Kier alpha value is -2.59. The van der Waals surface area contributed by atoms with Crippen LogP contribution in [0.15, 0.2) is 48.5 Å². The molecule has 4 nitrogen and oxygen atoms in total. The molecule has 2 aliphatic rings. The number of piperidine rings is 1. The molecular weight excluding hydrogens is 474 g/mol. The van der Waals surface area contributed by atoms with E-state index < -0.39 is 35.1 Å². The van der Waals surface area contributed by atoms with Crippen molar-refractivity contribution in [1.29, 1.82) is 0 Å². The lowest BCUT2D eigenvalue weighted by molar-refractivity contribution is -0.143. The molecule has 0 bridgehead atoms. The van der Waals surface area contributed by atoms with Crippen molar-refractivity contribution >= 4 is 5.91 Å². The minimum Gasteiger partial charge on any atom is -0.372 e. The van der Waals surface area contributed by atoms with E-state index in [9.17, 15) is 31.1 Å². The van der Waals surface area contributed by atoms with Crippen LogP contribution < -0.4 is 10.6 Å². The van der Waals surface area contributed by atoms with Crippen molar-refractivity contribution in [2.45, 2.75) is 62.1 Å². The number of hydrogen-bond donors (Lipinski definition) is 2. The molecular formula is C25H26F6N2O2. The second-order valence-corrected chi connectivity index (χ2v) is 9.42. The third-order valence-electron chi connectivity index (χ3n) is 7.02. The molecule has 190 valence electrons. The van der Waals surface area contributed by atoms with Gasteiger partial charge in [0, 0.05) is 13.0 Å². The highest BCUT2D eigenvalue weighted by Gasteiger charge is 2.47. The Morgan fingerprint density at radius 2 is 1.57 bits per heavy atom. The van der Waals surface area contributed by atoms with Crippen molar-refractivity contribution in [2.24, 2.45) is 0 Å². The number of benzene rings is 2. The summed E-state index contributed by atoms with van der Waals surface area (Å²) in [6.45, 7) is 1.95. The average molecular weight is 500 g/mol. The summed E-state index contributed by atoms with van der Waals surface area (Å²) in [5.41, 5.74) is -3.11. The molecule has 0 unspecified atom stereocenters. The topological polar surface area (TPSA) is 50.4 Å². The van der Waals surface area contributed by atoms with Crippen molar-refractivity contribution in [3.8, 4) is 0 Å². The lowest BCUT2D eigenvalue weighted by Gasteiger charge is -2.46. The van der Waals surface area contributed by atoms with E-state index in [0.717, 1.165) is 5.56 Å². The number of amides is 1. The van der Waals surface area contributed by atoms with Gasteiger partial charge in [0.1, 0.15) is 0 Å². The van der Waals surface area contributed by atoms with Gasteiger partial charge in [-0.1, -0.05) is 30.3 Å². The summed E-state index contributed by atoms with van der Waals surface area (Å²) >= 11 is 0. The monoisotopic (exact) mass is 500 g/mol. The molecule has 10 heteroatoms. The number of alkyl halides is 6. The Balaban J connectivity index is 1.58. The number of carbonyl (C=O) groups excluding carboxylic acids is 1. The molecule has 0 aliphatic carbocycles. The van der Waals surface area contributed by atoms with E-state index in [1.54, 1.807) is 0 Å². The molecule has 2 aromatic carbocycles. The highest BCUT2D eigenvalue weighted by atomic mass is 19.4. The van der Waals surface area contributed by atoms with Crippen LogP contribution >= 0.6 is 0 Å². The van der Waals surface area contributed by atoms with E-state index in [0.29, 0.717) is 44.4 Å². The Kier molecular flexibility index (Phi) is 6.65. The van der Waals surface area contributed by atoms with Gasteiger partial charge >= 0.3 is 12.4 Å². The van der Waals surface area contributed by atoms with Crippen LogP contribution in [0.3, 0.4) is 0 Å². The van der Waals surface area contributed by atoms with Gasteiger partial charge < -0.3 is 15.4 Å². The third-order valence-corrected chi connectivity index (χ3v) is 7.02. The van der Waals surface area contributed by atoms with E-state index in [1.807, 2.05) is 30.3 Å². The minimum absolute atomic E-state index is 0.00565. The zero-order valence-electron chi connectivity index (χ0n) is 19.0.